The van der Waals surface area contributed by atoms with Crippen molar-refractivity contribution in [2.24, 2.45) is 11.8 Å². The van der Waals surface area contributed by atoms with Crippen LogP contribution < -0.4 is 16.6 Å². The molecule has 0 bridgehead atoms. The predicted molar refractivity (Wildman–Crippen MR) is 74.7 cm³/mol. The molecule has 0 atom stereocenters. The second-order valence-electron chi connectivity index (χ2n) is 4.59. The van der Waals surface area contributed by atoms with E-state index in [-0.39, 0.29) is 5.91 Å². The van der Waals surface area contributed by atoms with Gasteiger partial charge in [-0.25, -0.2) is 10.8 Å². The van der Waals surface area contributed by atoms with Crippen LogP contribution in [0.2, 0.25) is 0 Å². The van der Waals surface area contributed by atoms with Gasteiger partial charge in [-0.2, -0.15) is 0 Å². The normalized spacial score (nSPS) is 10.5. The molecule has 1 rings (SSSR count). The molecule has 0 aliphatic carbocycles. The van der Waals surface area contributed by atoms with Gasteiger partial charge in [-0.3, -0.25) is 4.79 Å². The molecular formula is C13H22N4O2. The quantitative estimate of drug-likeness (QED) is 0.373. The van der Waals surface area contributed by atoms with Crippen molar-refractivity contribution in [3.05, 3.63) is 23.9 Å². The van der Waals surface area contributed by atoms with E-state index in [1.54, 1.807) is 18.3 Å². The molecule has 1 aromatic heterocycles. The van der Waals surface area contributed by atoms with Crippen molar-refractivity contribution < 1.29 is 9.53 Å². The number of amides is 1. The van der Waals surface area contributed by atoms with Gasteiger partial charge in [0.1, 0.15) is 0 Å². The number of ether oxygens (including phenoxy) is 1. The van der Waals surface area contributed by atoms with Gasteiger partial charge in [-0.05, 0) is 24.5 Å². The zero-order chi connectivity index (χ0) is 14.1. The van der Waals surface area contributed by atoms with Gasteiger partial charge < -0.3 is 15.5 Å². The SMILES string of the molecule is CC(C)CCOCCNC(=O)c1cccnc1NN. The maximum Gasteiger partial charge on any atom is 0.255 e. The molecule has 6 heteroatoms. The lowest BCUT2D eigenvalue weighted by molar-refractivity contribution is 0.0906. The van der Waals surface area contributed by atoms with E-state index < -0.39 is 0 Å². The van der Waals surface area contributed by atoms with Gasteiger partial charge in [-0.1, -0.05) is 13.8 Å². The first-order valence-electron chi connectivity index (χ1n) is 6.42. The summed E-state index contributed by atoms with van der Waals surface area (Å²) in [6.07, 6.45) is 2.60. The van der Waals surface area contributed by atoms with E-state index in [0.29, 0.717) is 30.5 Å². The molecule has 6 nitrogen and oxygen atoms in total. The number of nitrogens with zero attached hydrogens (tertiary/aromatic N) is 1. The van der Waals surface area contributed by atoms with Gasteiger partial charge >= 0.3 is 0 Å². The van der Waals surface area contributed by atoms with Crippen LogP contribution in [0.1, 0.15) is 30.6 Å². The van der Waals surface area contributed by atoms with Gasteiger partial charge in [0.25, 0.3) is 5.91 Å². The second kappa shape index (κ2) is 8.44. The standard InChI is InChI=1S/C13H22N4O2/c1-10(2)5-8-19-9-7-16-13(18)11-4-3-6-15-12(11)17-14/h3-4,6,10H,5,7-9,14H2,1-2H3,(H,15,17)(H,16,18). The lowest BCUT2D eigenvalue weighted by Gasteiger charge is -2.09. The lowest BCUT2D eigenvalue weighted by Crippen LogP contribution is -2.29. The Morgan fingerprint density at radius 2 is 2.26 bits per heavy atom. The van der Waals surface area contributed by atoms with Crippen molar-refractivity contribution in [2.75, 3.05) is 25.2 Å². The average Bonchev–Trinajstić information content (AvgIpc) is 2.42. The fraction of sp³-hybridized carbons (Fsp3) is 0.538. The number of hydrazine groups is 1. The molecule has 1 amide bonds. The topological polar surface area (TPSA) is 89.3 Å². The van der Waals surface area contributed by atoms with Crippen LogP contribution in [0.25, 0.3) is 0 Å². The van der Waals surface area contributed by atoms with E-state index in [9.17, 15) is 4.79 Å². The molecule has 0 radical (unpaired) electrons. The number of carbonyl (C=O) groups excluding carboxylic acids is 1. The molecule has 0 unspecified atom stereocenters. The molecule has 1 heterocycles. The summed E-state index contributed by atoms with van der Waals surface area (Å²) in [5.74, 6) is 6.07. The Labute approximate surface area is 113 Å². The molecule has 0 saturated heterocycles. The van der Waals surface area contributed by atoms with Crippen LogP contribution in [0.3, 0.4) is 0 Å². The molecule has 0 aliphatic heterocycles. The van der Waals surface area contributed by atoms with Gasteiger partial charge in [0.05, 0.1) is 12.2 Å². The molecule has 0 fully saturated rings. The average molecular weight is 266 g/mol. The van der Waals surface area contributed by atoms with Crippen molar-refractivity contribution >= 4 is 11.7 Å². The molecule has 106 valence electrons. The van der Waals surface area contributed by atoms with E-state index in [0.717, 1.165) is 13.0 Å². The number of rotatable bonds is 8. The van der Waals surface area contributed by atoms with Gasteiger partial charge in [0, 0.05) is 19.3 Å². The Kier molecular flexibility index (Phi) is 6.84. The summed E-state index contributed by atoms with van der Waals surface area (Å²) in [4.78, 5) is 15.8. The third kappa shape index (κ3) is 5.67. The van der Waals surface area contributed by atoms with Crippen LogP contribution in [0.15, 0.2) is 18.3 Å². The smallest absolute Gasteiger partial charge is 0.255 e. The van der Waals surface area contributed by atoms with Crippen LogP contribution in [0.5, 0.6) is 0 Å². The number of aromatic nitrogens is 1. The molecule has 0 aromatic carbocycles. The molecule has 19 heavy (non-hydrogen) atoms. The summed E-state index contributed by atoms with van der Waals surface area (Å²) in [5.41, 5.74) is 2.82. The molecule has 0 spiro atoms. The van der Waals surface area contributed by atoms with E-state index in [4.69, 9.17) is 10.6 Å². The van der Waals surface area contributed by atoms with E-state index in [1.807, 2.05) is 0 Å². The summed E-state index contributed by atoms with van der Waals surface area (Å²) in [6.45, 7) is 5.99. The fourth-order valence-electron chi connectivity index (χ4n) is 1.46. The van der Waals surface area contributed by atoms with E-state index >= 15 is 0 Å². The summed E-state index contributed by atoms with van der Waals surface area (Å²) in [6, 6.07) is 3.35. The molecular weight excluding hydrogens is 244 g/mol. The minimum absolute atomic E-state index is 0.214. The number of hydrogen-bond donors (Lipinski definition) is 3. The van der Waals surface area contributed by atoms with Crippen molar-refractivity contribution in [1.82, 2.24) is 10.3 Å². The minimum Gasteiger partial charge on any atom is -0.380 e. The van der Waals surface area contributed by atoms with Crippen molar-refractivity contribution in [3.63, 3.8) is 0 Å². The van der Waals surface area contributed by atoms with E-state index in [1.165, 1.54) is 0 Å². The summed E-state index contributed by atoms with van der Waals surface area (Å²) < 4.78 is 5.42. The largest absolute Gasteiger partial charge is 0.380 e. The monoisotopic (exact) mass is 266 g/mol. The molecule has 1 aromatic rings. The maximum absolute atomic E-state index is 11.9. The number of nitrogen functional groups attached to an aromatic ring is 1. The Bertz CT molecular complexity index is 396. The van der Waals surface area contributed by atoms with Gasteiger partial charge in [0.15, 0.2) is 5.82 Å². The van der Waals surface area contributed by atoms with E-state index in [2.05, 4.69) is 29.6 Å². The van der Waals surface area contributed by atoms with Crippen LogP contribution in [0, 0.1) is 5.92 Å². The highest BCUT2D eigenvalue weighted by Gasteiger charge is 2.10. The third-order valence-corrected chi connectivity index (χ3v) is 2.56. The van der Waals surface area contributed by atoms with Gasteiger partial charge in [-0.15, -0.1) is 0 Å². The first-order valence-corrected chi connectivity index (χ1v) is 6.42. The van der Waals surface area contributed by atoms with Gasteiger partial charge in [0.2, 0.25) is 0 Å². The Balaban J connectivity index is 2.28. The Morgan fingerprint density at radius 3 is 2.95 bits per heavy atom. The number of anilines is 1. The third-order valence-electron chi connectivity index (χ3n) is 2.56. The van der Waals surface area contributed by atoms with Crippen LogP contribution in [-0.4, -0.2) is 30.6 Å². The summed E-state index contributed by atoms with van der Waals surface area (Å²) in [7, 11) is 0. The number of carbonyl (C=O) groups is 1. The van der Waals surface area contributed by atoms with Crippen molar-refractivity contribution in [3.8, 4) is 0 Å². The zero-order valence-corrected chi connectivity index (χ0v) is 11.5. The highest BCUT2D eigenvalue weighted by Crippen LogP contribution is 2.09. The number of nitrogens with two attached hydrogens (primary N) is 1. The molecule has 0 saturated carbocycles. The highest BCUT2D eigenvalue weighted by molar-refractivity contribution is 5.98. The number of hydrogen-bond acceptors (Lipinski definition) is 5. The van der Waals surface area contributed by atoms with Crippen molar-refractivity contribution in [1.29, 1.82) is 0 Å². The first kappa shape index (κ1) is 15.4. The van der Waals surface area contributed by atoms with Crippen LogP contribution in [-0.2, 0) is 4.74 Å². The lowest BCUT2D eigenvalue weighted by atomic mass is 10.1. The highest BCUT2D eigenvalue weighted by atomic mass is 16.5. The zero-order valence-electron chi connectivity index (χ0n) is 11.5. The fourth-order valence-corrected chi connectivity index (χ4v) is 1.46. The Morgan fingerprint density at radius 1 is 1.47 bits per heavy atom. The van der Waals surface area contributed by atoms with Crippen LogP contribution >= 0.6 is 0 Å². The first-order chi connectivity index (χ1) is 9.15. The maximum atomic E-state index is 11.9. The Hall–Kier alpha value is -1.66. The number of nitrogens with one attached hydrogen (secondary N) is 2. The van der Waals surface area contributed by atoms with Crippen LogP contribution in [0.4, 0.5) is 5.82 Å². The predicted octanol–water partition coefficient (Wildman–Crippen LogP) is 1.16. The minimum atomic E-state index is -0.214. The number of pyridine rings is 1. The summed E-state index contributed by atoms with van der Waals surface area (Å²) >= 11 is 0. The molecule has 4 N–H and O–H groups in total. The second-order valence-corrected chi connectivity index (χ2v) is 4.59. The summed E-state index contributed by atoms with van der Waals surface area (Å²) in [5, 5.41) is 2.76. The van der Waals surface area contributed by atoms with Crippen molar-refractivity contribution in [2.45, 2.75) is 20.3 Å². The molecule has 0 aliphatic rings.